The molecule has 0 aliphatic heterocycles. The summed E-state index contributed by atoms with van der Waals surface area (Å²) in [5.41, 5.74) is 2.63. The maximum absolute atomic E-state index is 4.18. The van der Waals surface area contributed by atoms with E-state index in [9.17, 15) is 0 Å². The van der Waals surface area contributed by atoms with Gasteiger partial charge in [0.05, 0.1) is 0 Å². The highest BCUT2D eigenvalue weighted by Gasteiger charge is 1.97. The van der Waals surface area contributed by atoms with Gasteiger partial charge in [0.1, 0.15) is 0 Å². The normalized spacial score (nSPS) is 10.1. The van der Waals surface area contributed by atoms with Crippen LogP contribution in [0.15, 0.2) is 22.7 Å². The molecular weight excluding hydrogens is 220 g/mol. The Labute approximate surface area is 81.5 Å². The van der Waals surface area contributed by atoms with Crippen LogP contribution in [0.3, 0.4) is 0 Å². The Bertz CT molecular complexity index is 245. The Morgan fingerprint density at radius 1 is 1.45 bits per heavy atom. The van der Waals surface area contributed by atoms with Gasteiger partial charge in [-0.25, -0.2) is 0 Å². The second-order valence-electron chi connectivity index (χ2n) is 2.57. The lowest BCUT2D eigenvalue weighted by atomic mass is 10.1. The van der Waals surface area contributed by atoms with E-state index in [-0.39, 0.29) is 0 Å². The second kappa shape index (κ2) is 4.17. The molecule has 0 radical (unpaired) electrons. The predicted octanol–water partition coefficient (Wildman–Crippen LogP) is 3.23. The van der Waals surface area contributed by atoms with E-state index in [0.29, 0.717) is 0 Å². The summed E-state index contributed by atoms with van der Waals surface area (Å²) in [6.45, 7) is 2.09. The lowest BCUT2D eigenvalue weighted by Crippen LogP contribution is -1.87. The molecule has 11 heavy (non-hydrogen) atoms. The smallest absolute Gasteiger partial charge is 0.0210 e. The summed E-state index contributed by atoms with van der Waals surface area (Å²) in [5.74, 6) is 0.904. The summed E-state index contributed by atoms with van der Waals surface area (Å²) in [6, 6.07) is 6.41. The van der Waals surface area contributed by atoms with Gasteiger partial charge in [-0.2, -0.15) is 12.6 Å². The molecular formula is C9H11BrS. The zero-order valence-corrected chi connectivity index (χ0v) is 8.95. The number of benzene rings is 1. The summed E-state index contributed by atoms with van der Waals surface area (Å²) in [6.07, 6.45) is 1.03. The van der Waals surface area contributed by atoms with E-state index in [2.05, 4.69) is 53.7 Å². The number of halogens is 1. The Morgan fingerprint density at radius 3 is 2.73 bits per heavy atom. The maximum atomic E-state index is 4.18. The summed E-state index contributed by atoms with van der Waals surface area (Å²) in [5, 5.41) is 0. The lowest BCUT2D eigenvalue weighted by molar-refractivity contribution is 1.14. The summed E-state index contributed by atoms with van der Waals surface area (Å²) >= 11 is 7.70. The van der Waals surface area contributed by atoms with Gasteiger partial charge < -0.3 is 0 Å². The van der Waals surface area contributed by atoms with Gasteiger partial charge in [-0.15, -0.1) is 0 Å². The van der Waals surface area contributed by atoms with Crippen LogP contribution in [0.2, 0.25) is 0 Å². The van der Waals surface area contributed by atoms with Crippen molar-refractivity contribution in [3.8, 4) is 0 Å². The summed E-state index contributed by atoms with van der Waals surface area (Å²) < 4.78 is 1.20. The van der Waals surface area contributed by atoms with Gasteiger partial charge in [0.2, 0.25) is 0 Å². The fourth-order valence-electron chi connectivity index (χ4n) is 0.976. The molecule has 60 valence electrons. The van der Waals surface area contributed by atoms with Gasteiger partial charge in [-0.3, -0.25) is 0 Å². The van der Waals surface area contributed by atoms with Gasteiger partial charge >= 0.3 is 0 Å². The number of thiol groups is 1. The zero-order chi connectivity index (χ0) is 8.27. The lowest BCUT2D eigenvalue weighted by Gasteiger charge is -2.02. The topological polar surface area (TPSA) is 0 Å². The van der Waals surface area contributed by atoms with Crippen molar-refractivity contribution < 1.29 is 0 Å². The average Bonchev–Trinajstić information content (AvgIpc) is 1.95. The van der Waals surface area contributed by atoms with E-state index in [0.717, 1.165) is 12.2 Å². The first kappa shape index (κ1) is 9.14. The van der Waals surface area contributed by atoms with Crippen molar-refractivity contribution in [2.75, 3.05) is 5.75 Å². The minimum absolute atomic E-state index is 0.904. The standard InChI is InChI=1S/C9H11BrS/c1-7-2-3-8(4-5-11)9(10)6-7/h2-3,6,11H,4-5H2,1H3. The van der Waals surface area contributed by atoms with Gasteiger partial charge in [-0.05, 0) is 36.3 Å². The molecule has 1 aromatic carbocycles. The van der Waals surface area contributed by atoms with E-state index in [4.69, 9.17) is 0 Å². The van der Waals surface area contributed by atoms with E-state index in [1.54, 1.807) is 0 Å². The van der Waals surface area contributed by atoms with Crippen LogP contribution in [0.5, 0.6) is 0 Å². The van der Waals surface area contributed by atoms with E-state index < -0.39 is 0 Å². The van der Waals surface area contributed by atoms with Crippen molar-refractivity contribution in [3.63, 3.8) is 0 Å². The van der Waals surface area contributed by atoms with Gasteiger partial charge in [0, 0.05) is 4.47 Å². The van der Waals surface area contributed by atoms with Crippen LogP contribution < -0.4 is 0 Å². The molecule has 1 rings (SSSR count). The molecule has 1 aromatic rings. The maximum Gasteiger partial charge on any atom is 0.0210 e. The number of rotatable bonds is 2. The first-order chi connectivity index (χ1) is 5.24. The Morgan fingerprint density at radius 2 is 2.18 bits per heavy atom. The quantitative estimate of drug-likeness (QED) is 0.742. The Balaban J connectivity index is 2.90. The molecule has 0 unspecified atom stereocenters. The van der Waals surface area contributed by atoms with Crippen molar-refractivity contribution >= 4 is 28.6 Å². The highest BCUT2D eigenvalue weighted by Crippen LogP contribution is 2.18. The van der Waals surface area contributed by atoms with Crippen LogP contribution >= 0.6 is 28.6 Å². The Hall–Kier alpha value is 0.0500. The minimum atomic E-state index is 0.904. The van der Waals surface area contributed by atoms with Crippen LogP contribution in [0, 0.1) is 6.92 Å². The van der Waals surface area contributed by atoms with Crippen molar-refractivity contribution in [1.82, 2.24) is 0 Å². The molecule has 0 spiro atoms. The molecule has 0 aliphatic carbocycles. The largest absolute Gasteiger partial charge is 0.179 e. The van der Waals surface area contributed by atoms with Crippen molar-refractivity contribution in [3.05, 3.63) is 33.8 Å². The fraction of sp³-hybridized carbons (Fsp3) is 0.333. The zero-order valence-electron chi connectivity index (χ0n) is 6.47. The molecule has 0 aliphatic rings. The monoisotopic (exact) mass is 230 g/mol. The van der Waals surface area contributed by atoms with Gasteiger partial charge in [-0.1, -0.05) is 28.1 Å². The molecule has 0 aromatic heterocycles. The average molecular weight is 231 g/mol. The third-order valence-corrected chi connectivity index (χ3v) is 2.55. The van der Waals surface area contributed by atoms with Crippen LogP contribution in [-0.4, -0.2) is 5.75 Å². The fourth-order valence-corrected chi connectivity index (χ4v) is 1.91. The molecule has 0 saturated carbocycles. The molecule has 0 atom stereocenters. The molecule has 0 nitrogen and oxygen atoms in total. The second-order valence-corrected chi connectivity index (χ2v) is 3.87. The van der Waals surface area contributed by atoms with Gasteiger partial charge in [0.15, 0.2) is 0 Å². The Kier molecular flexibility index (Phi) is 3.46. The molecule has 0 bridgehead atoms. The number of aryl methyl sites for hydroxylation is 2. The summed E-state index contributed by atoms with van der Waals surface area (Å²) in [7, 11) is 0. The van der Waals surface area contributed by atoms with Gasteiger partial charge in [0.25, 0.3) is 0 Å². The van der Waals surface area contributed by atoms with Crippen LogP contribution in [0.1, 0.15) is 11.1 Å². The van der Waals surface area contributed by atoms with Crippen LogP contribution in [-0.2, 0) is 6.42 Å². The third kappa shape index (κ3) is 2.53. The summed E-state index contributed by atoms with van der Waals surface area (Å²) in [4.78, 5) is 0. The highest BCUT2D eigenvalue weighted by atomic mass is 79.9. The van der Waals surface area contributed by atoms with Crippen LogP contribution in [0.4, 0.5) is 0 Å². The van der Waals surface area contributed by atoms with Crippen molar-refractivity contribution in [2.24, 2.45) is 0 Å². The first-order valence-electron chi connectivity index (χ1n) is 3.60. The van der Waals surface area contributed by atoms with Crippen molar-refractivity contribution in [1.29, 1.82) is 0 Å². The van der Waals surface area contributed by atoms with Crippen molar-refractivity contribution in [2.45, 2.75) is 13.3 Å². The van der Waals surface area contributed by atoms with E-state index in [1.807, 2.05) is 0 Å². The minimum Gasteiger partial charge on any atom is -0.179 e. The molecule has 0 fully saturated rings. The molecule has 0 N–H and O–H groups in total. The van der Waals surface area contributed by atoms with E-state index >= 15 is 0 Å². The highest BCUT2D eigenvalue weighted by molar-refractivity contribution is 9.10. The predicted molar refractivity (Wildman–Crippen MR) is 56.4 cm³/mol. The first-order valence-corrected chi connectivity index (χ1v) is 5.02. The third-order valence-electron chi connectivity index (χ3n) is 1.59. The van der Waals surface area contributed by atoms with E-state index in [1.165, 1.54) is 15.6 Å². The molecule has 0 heterocycles. The number of hydrogen-bond donors (Lipinski definition) is 1. The number of hydrogen-bond acceptors (Lipinski definition) is 1. The SMILES string of the molecule is Cc1ccc(CCS)c(Br)c1. The molecule has 2 heteroatoms. The molecule has 0 saturated heterocycles. The van der Waals surface area contributed by atoms with Crippen LogP contribution in [0.25, 0.3) is 0 Å². The molecule has 0 amide bonds.